The number of nitrogens with zero attached hydrogens (tertiary/aromatic N) is 1. The van der Waals surface area contributed by atoms with E-state index in [0.717, 1.165) is 0 Å². The van der Waals surface area contributed by atoms with E-state index in [9.17, 15) is 9.59 Å². The van der Waals surface area contributed by atoms with Crippen LogP contribution in [0.4, 0.5) is 0 Å². The van der Waals surface area contributed by atoms with Crippen LogP contribution in [-0.4, -0.2) is 28.4 Å². The van der Waals surface area contributed by atoms with E-state index in [1.165, 1.54) is 18.2 Å². The fourth-order valence-corrected chi connectivity index (χ4v) is 0.970. The van der Waals surface area contributed by atoms with Gasteiger partial charge in [0.2, 0.25) is 5.88 Å². The summed E-state index contributed by atoms with van der Waals surface area (Å²) in [6, 6.07) is 4.40. The van der Waals surface area contributed by atoms with E-state index in [1.54, 1.807) is 20.8 Å². The largest absolute Gasteiger partial charge is 0.477 e. The summed E-state index contributed by atoms with van der Waals surface area (Å²) in [7, 11) is 0. The summed E-state index contributed by atoms with van der Waals surface area (Å²) in [6.45, 7) is 5.26. The molecule has 0 spiro atoms. The van der Waals surface area contributed by atoms with Crippen molar-refractivity contribution in [1.29, 1.82) is 0 Å². The highest BCUT2D eigenvalue weighted by Gasteiger charge is 2.21. The van der Waals surface area contributed by atoms with Gasteiger partial charge in [0.15, 0.2) is 11.5 Å². The fourth-order valence-electron chi connectivity index (χ4n) is 0.970. The van der Waals surface area contributed by atoms with Gasteiger partial charge in [-0.25, -0.2) is 9.78 Å². The Hall–Kier alpha value is -1.91. The van der Waals surface area contributed by atoms with Gasteiger partial charge >= 0.3 is 5.97 Å². The van der Waals surface area contributed by atoms with Crippen LogP contribution in [0.15, 0.2) is 18.2 Å². The monoisotopic (exact) mass is 237 g/mol. The molecule has 0 saturated heterocycles. The number of Topliss-reactive ketones (excluding diaryl/α,β-unsaturated/α-hetero) is 1. The first-order valence-electron chi connectivity index (χ1n) is 5.17. The summed E-state index contributed by atoms with van der Waals surface area (Å²) in [5, 5.41) is 8.73. The molecule has 0 fully saturated rings. The molecule has 1 aromatic heterocycles. The van der Waals surface area contributed by atoms with E-state index in [-0.39, 0.29) is 24.0 Å². The molecule has 0 bridgehead atoms. The van der Waals surface area contributed by atoms with Crippen molar-refractivity contribution in [3.8, 4) is 5.88 Å². The Kier molecular flexibility index (Phi) is 3.83. The van der Waals surface area contributed by atoms with Crippen LogP contribution in [-0.2, 0) is 4.79 Å². The first-order chi connectivity index (χ1) is 7.80. The minimum Gasteiger partial charge on any atom is -0.477 e. The maximum atomic E-state index is 11.6. The van der Waals surface area contributed by atoms with E-state index in [4.69, 9.17) is 9.84 Å². The van der Waals surface area contributed by atoms with E-state index in [0.29, 0.717) is 0 Å². The van der Waals surface area contributed by atoms with E-state index in [2.05, 4.69) is 4.98 Å². The predicted molar refractivity (Wildman–Crippen MR) is 61.2 cm³/mol. The number of carbonyl (C=O) groups is 2. The molecular weight excluding hydrogens is 222 g/mol. The summed E-state index contributed by atoms with van der Waals surface area (Å²) in [6.07, 6.45) is 0. The maximum absolute atomic E-state index is 11.6. The minimum atomic E-state index is -1.13. The topological polar surface area (TPSA) is 76.5 Å². The Morgan fingerprint density at radius 2 is 2.00 bits per heavy atom. The summed E-state index contributed by atoms with van der Waals surface area (Å²) < 4.78 is 5.16. The second-order valence-electron chi connectivity index (χ2n) is 4.63. The van der Waals surface area contributed by atoms with Gasteiger partial charge in [0, 0.05) is 11.5 Å². The van der Waals surface area contributed by atoms with Gasteiger partial charge in [0.05, 0.1) is 0 Å². The molecule has 0 aliphatic heterocycles. The molecule has 0 amide bonds. The third kappa shape index (κ3) is 3.86. The van der Waals surface area contributed by atoms with Crippen molar-refractivity contribution in [2.45, 2.75) is 20.8 Å². The predicted octanol–water partition coefficient (Wildman–Crippen LogP) is 1.77. The smallest absolute Gasteiger partial charge is 0.354 e. The van der Waals surface area contributed by atoms with Crippen LogP contribution in [0.3, 0.4) is 0 Å². The molecule has 0 aromatic carbocycles. The molecule has 92 valence electrons. The average molecular weight is 237 g/mol. The second-order valence-corrected chi connectivity index (χ2v) is 4.63. The number of aromatic nitrogens is 1. The quantitative estimate of drug-likeness (QED) is 0.863. The van der Waals surface area contributed by atoms with Crippen molar-refractivity contribution in [1.82, 2.24) is 4.98 Å². The van der Waals surface area contributed by atoms with Crippen molar-refractivity contribution in [2.24, 2.45) is 5.41 Å². The highest BCUT2D eigenvalue weighted by molar-refractivity contribution is 5.86. The fraction of sp³-hybridized carbons (Fsp3) is 0.417. The number of carboxylic acid groups (broad SMARTS) is 1. The van der Waals surface area contributed by atoms with Crippen molar-refractivity contribution >= 4 is 11.8 Å². The average Bonchev–Trinajstić information content (AvgIpc) is 2.25. The lowest BCUT2D eigenvalue weighted by molar-refractivity contribution is -0.128. The summed E-state index contributed by atoms with van der Waals surface area (Å²) in [4.78, 5) is 26.0. The lowest BCUT2D eigenvalue weighted by Crippen LogP contribution is -2.26. The van der Waals surface area contributed by atoms with Crippen LogP contribution in [0, 0.1) is 5.41 Å². The zero-order valence-electron chi connectivity index (χ0n) is 10.1. The van der Waals surface area contributed by atoms with Crippen molar-refractivity contribution in [3.63, 3.8) is 0 Å². The molecular formula is C12H15NO4. The number of rotatable bonds is 4. The zero-order valence-corrected chi connectivity index (χ0v) is 10.1. The molecule has 1 N–H and O–H groups in total. The van der Waals surface area contributed by atoms with Crippen LogP contribution >= 0.6 is 0 Å². The Bertz CT molecular complexity index is 434. The Labute approximate surface area is 99.4 Å². The summed E-state index contributed by atoms with van der Waals surface area (Å²) in [5.74, 6) is -1.06. The van der Waals surface area contributed by atoms with Gasteiger partial charge in [-0.3, -0.25) is 4.79 Å². The molecule has 5 heteroatoms. The van der Waals surface area contributed by atoms with E-state index in [1.807, 2.05) is 0 Å². The van der Waals surface area contributed by atoms with Gasteiger partial charge in [0.1, 0.15) is 6.61 Å². The second kappa shape index (κ2) is 4.95. The lowest BCUT2D eigenvalue weighted by atomic mass is 9.91. The molecule has 0 aliphatic rings. The summed E-state index contributed by atoms with van der Waals surface area (Å²) in [5.41, 5.74) is -0.588. The molecule has 0 unspecified atom stereocenters. The Morgan fingerprint density at radius 1 is 1.35 bits per heavy atom. The normalized spacial score (nSPS) is 11.0. The van der Waals surface area contributed by atoms with Crippen molar-refractivity contribution < 1.29 is 19.4 Å². The Balaban J connectivity index is 2.67. The number of carboxylic acids is 1. The van der Waals surface area contributed by atoms with Crippen molar-refractivity contribution in [2.75, 3.05) is 6.61 Å². The number of ether oxygens (including phenoxy) is 1. The van der Waals surface area contributed by atoms with E-state index >= 15 is 0 Å². The highest BCUT2D eigenvalue weighted by Crippen LogP contribution is 2.15. The molecule has 0 atom stereocenters. The summed E-state index contributed by atoms with van der Waals surface area (Å²) >= 11 is 0. The third-order valence-electron chi connectivity index (χ3n) is 2.13. The number of hydrogen-bond donors (Lipinski definition) is 1. The van der Waals surface area contributed by atoms with Crippen LogP contribution in [0.2, 0.25) is 0 Å². The Morgan fingerprint density at radius 3 is 2.53 bits per heavy atom. The minimum absolute atomic E-state index is 0.0694. The first-order valence-corrected chi connectivity index (χ1v) is 5.17. The van der Waals surface area contributed by atoms with Gasteiger partial charge in [-0.15, -0.1) is 0 Å². The molecule has 1 rings (SSSR count). The number of ketones is 1. The van der Waals surface area contributed by atoms with Gasteiger partial charge in [-0.05, 0) is 6.07 Å². The van der Waals surface area contributed by atoms with Gasteiger partial charge < -0.3 is 9.84 Å². The number of aromatic carboxylic acids is 1. The zero-order chi connectivity index (χ0) is 13.1. The number of carbonyl (C=O) groups excluding carboxylic acids is 1. The van der Waals surface area contributed by atoms with Crippen molar-refractivity contribution in [3.05, 3.63) is 23.9 Å². The van der Waals surface area contributed by atoms with Crippen LogP contribution < -0.4 is 4.74 Å². The molecule has 0 aliphatic carbocycles. The van der Waals surface area contributed by atoms with Crippen LogP contribution in [0.1, 0.15) is 31.3 Å². The molecule has 17 heavy (non-hydrogen) atoms. The highest BCUT2D eigenvalue weighted by atomic mass is 16.5. The molecule has 5 nitrogen and oxygen atoms in total. The van der Waals surface area contributed by atoms with E-state index < -0.39 is 11.4 Å². The van der Waals surface area contributed by atoms with Gasteiger partial charge in [-0.2, -0.15) is 0 Å². The lowest BCUT2D eigenvalue weighted by Gasteiger charge is -2.16. The third-order valence-corrected chi connectivity index (χ3v) is 2.13. The molecule has 0 saturated carbocycles. The molecule has 1 heterocycles. The first kappa shape index (κ1) is 13.2. The standard InChI is InChI=1S/C12H15NO4/c1-12(2,3)9(14)7-17-10-6-4-5-8(13-10)11(15)16/h4-6H,7H2,1-3H3,(H,15,16). The SMILES string of the molecule is CC(C)(C)C(=O)COc1cccc(C(=O)O)n1. The van der Waals surface area contributed by atoms with Gasteiger partial charge in [-0.1, -0.05) is 26.8 Å². The van der Waals surface area contributed by atoms with Crippen LogP contribution in [0.25, 0.3) is 0 Å². The van der Waals surface area contributed by atoms with Crippen LogP contribution in [0.5, 0.6) is 5.88 Å². The van der Waals surface area contributed by atoms with Gasteiger partial charge in [0.25, 0.3) is 0 Å². The molecule has 0 radical (unpaired) electrons. The number of pyridine rings is 1. The number of hydrogen-bond acceptors (Lipinski definition) is 4. The maximum Gasteiger partial charge on any atom is 0.354 e. The molecule has 1 aromatic rings.